The molecule has 1 aromatic heterocycles. The lowest BCUT2D eigenvalue weighted by atomic mass is 10.0. The lowest BCUT2D eigenvalue weighted by Gasteiger charge is -2.13. The number of rotatable bonds is 2. The van der Waals surface area contributed by atoms with E-state index in [1.54, 1.807) is 6.20 Å². The third kappa shape index (κ3) is 1.47. The Balaban J connectivity index is 2.23. The van der Waals surface area contributed by atoms with Crippen molar-refractivity contribution >= 4 is 0 Å². The van der Waals surface area contributed by atoms with E-state index in [-0.39, 0.29) is 12.0 Å². The maximum absolute atomic E-state index is 9.61. The standard InChI is InChI=1S/C9H14N2O2/c1-2-11-8(3-4-10-11)7-5-13-6-9(7)12/h3-4,7,9,12H,2,5-6H2,1H3/t7-,9+/m0/s1. The van der Waals surface area contributed by atoms with Crippen molar-refractivity contribution in [1.29, 1.82) is 0 Å². The summed E-state index contributed by atoms with van der Waals surface area (Å²) in [6.07, 6.45) is 1.39. The summed E-state index contributed by atoms with van der Waals surface area (Å²) in [7, 11) is 0. The summed E-state index contributed by atoms with van der Waals surface area (Å²) in [5.41, 5.74) is 1.08. The molecule has 1 aromatic rings. The maximum Gasteiger partial charge on any atom is 0.0879 e. The molecule has 0 radical (unpaired) electrons. The summed E-state index contributed by atoms with van der Waals surface area (Å²) >= 11 is 0. The zero-order chi connectivity index (χ0) is 9.26. The first kappa shape index (κ1) is 8.72. The lowest BCUT2D eigenvalue weighted by Crippen LogP contribution is -2.19. The molecule has 0 spiro atoms. The van der Waals surface area contributed by atoms with Crippen LogP contribution in [0.2, 0.25) is 0 Å². The highest BCUT2D eigenvalue weighted by Gasteiger charge is 2.29. The Labute approximate surface area is 77.1 Å². The Morgan fingerprint density at radius 3 is 3.15 bits per heavy atom. The molecule has 13 heavy (non-hydrogen) atoms. The predicted molar refractivity (Wildman–Crippen MR) is 47.5 cm³/mol. The molecular formula is C9H14N2O2. The van der Waals surface area contributed by atoms with E-state index in [0.29, 0.717) is 13.2 Å². The molecule has 0 amide bonds. The molecule has 72 valence electrons. The van der Waals surface area contributed by atoms with Crippen molar-refractivity contribution in [1.82, 2.24) is 9.78 Å². The number of hydrogen-bond donors (Lipinski definition) is 1. The van der Waals surface area contributed by atoms with Gasteiger partial charge in [-0.15, -0.1) is 0 Å². The summed E-state index contributed by atoms with van der Waals surface area (Å²) in [5, 5.41) is 13.8. The normalized spacial score (nSPS) is 28.2. The quantitative estimate of drug-likeness (QED) is 0.719. The number of aryl methyl sites for hydroxylation is 1. The lowest BCUT2D eigenvalue weighted by molar-refractivity contribution is 0.124. The van der Waals surface area contributed by atoms with Crippen molar-refractivity contribution < 1.29 is 9.84 Å². The smallest absolute Gasteiger partial charge is 0.0879 e. The molecule has 1 N–H and O–H groups in total. The minimum absolute atomic E-state index is 0.0995. The molecule has 0 aromatic carbocycles. The average molecular weight is 182 g/mol. The van der Waals surface area contributed by atoms with Gasteiger partial charge in [-0.3, -0.25) is 4.68 Å². The van der Waals surface area contributed by atoms with E-state index in [1.807, 2.05) is 17.7 Å². The van der Waals surface area contributed by atoms with Crippen molar-refractivity contribution in [2.24, 2.45) is 0 Å². The zero-order valence-corrected chi connectivity index (χ0v) is 7.68. The number of nitrogens with zero attached hydrogens (tertiary/aromatic N) is 2. The predicted octanol–water partition coefficient (Wildman–Crippen LogP) is 0.378. The molecular weight excluding hydrogens is 168 g/mol. The van der Waals surface area contributed by atoms with Crippen LogP contribution in [-0.2, 0) is 11.3 Å². The first-order valence-electron chi connectivity index (χ1n) is 4.60. The van der Waals surface area contributed by atoms with Crippen LogP contribution in [0.5, 0.6) is 0 Å². The maximum atomic E-state index is 9.61. The summed E-state index contributed by atoms with van der Waals surface area (Å²) in [4.78, 5) is 0. The van der Waals surface area contributed by atoms with Crippen LogP contribution in [0.3, 0.4) is 0 Å². The Hall–Kier alpha value is -0.870. The van der Waals surface area contributed by atoms with Crippen LogP contribution in [0.25, 0.3) is 0 Å². The summed E-state index contributed by atoms with van der Waals surface area (Å²) in [6, 6.07) is 1.95. The summed E-state index contributed by atoms with van der Waals surface area (Å²) < 4.78 is 7.11. The van der Waals surface area contributed by atoms with Gasteiger partial charge in [0.05, 0.1) is 25.2 Å². The molecule has 0 bridgehead atoms. The van der Waals surface area contributed by atoms with Crippen LogP contribution in [0.15, 0.2) is 12.3 Å². The van der Waals surface area contributed by atoms with Gasteiger partial charge < -0.3 is 9.84 Å². The second kappa shape index (κ2) is 3.47. The molecule has 0 saturated carbocycles. The molecule has 2 heterocycles. The topological polar surface area (TPSA) is 47.3 Å². The van der Waals surface area contributed by atoms with E-state index in [9.17, 15) is 5.11 Å². The van der Waals surface area contributed by atoms with Gasteiger partial charge in [0, 0.05) is 18.4 Å². The van der Waals surface area contributed by atoms with E-state index in [1.165, 1.54) is 0 Å². The molecule has 1 fully saturated rings. The fourth-order valence-corrected chi connectivity index (χ4v) is 1.75. The Kier molecular flexibility index (Phi) is 2.33. The monoisotopic (exact) mass is 182 g/mol. The van der Waals surface area contributed by atoms with Gasteiger partial charge in [0.1, 0.15) is 0 Å². The third-order valence-corrected chi connectivity index (χ3v) is 2.48. The van der Waals surface area contributed by atoms with E-state index < -0.39 is 0 Å². The molecule has 4 heteroatoms. The first-order valence-corrected chi connectivity index (χ1v) is 4.60. The molecule has 0 aliphatic carbocycles. The van der Waals surface area contributed by atoms with Crippen LogP contribution >= 0.6 is 0 Å². The summed E-state index contributed by atoms with van der Waals surface area (Å²) in [5.74, 6) is 0.0995. The number of aliphatic hydroxyl groups is 1. The number of hydrogen-bond acceptors (Lipinski definition) is 3. The fourth-order valence-electron chi connectivity index (χ4n) is 1.75. The van der Waals surface area contributed by atoms with E-state index in [0.717, 1.165) is 12.2 Å². The van der Waals surface area contributed by atoms with Gasteiger partial charge in [0.25, 0.3) is 0 Å². The second-order valence-electron chi connectivity index (χ2n) is 3.28. The molecule has 2 rings (SSSR count). The van der Waals surface area contributed by atoms with Crippen LogP contribution < -0.4 is 0 Å². The van der Waals surface area contributed by atoms with Crippen LogP contribution in [0.1, 0.15) is 18.5 Å². The van der Waals surface area contributed by atoms with Gasteiger partial charge in [-0.2, -0.15) is 5.10 Å². The highest BCUT2D eigenvalue weighted by atomic mass is 16.5. The SMILES string of the molecule is CCn1nccc1[C@@H]1COC[C@H]1O. The van der Waals surface area contributed by atoms with Crippen LogP contribution in [0, 0.1) is 0 Å². The van der Waals surface area contributed by atoms with Gasteiger partial charge in [-0.25, -0.2) is 0 Å². The highest BCUT2D eigenvalue weighted by Crippen LogP contribution is 2.25. The van der Waals surface area contributed by atoms with Gasteiger partial charge in [0.15, 0.2) is 0 Å². The first-order chi connectivity index (χ1) is 6.33. The minimum atomic E-state index is -0.373. The van der Waals surface area contributed by atoms with Crippen molar-refractivity contribution in [3.8, 4) is 0 Å². The Morgan fingerprint density at radius 1 is 1.69 bits per heavy atom. The van der Waals surface area contributed by atoms with Crippen LogP contribution in [0.4, 0.5) is 0 Å². The second-order valence-corrected chi connectivity index (χ2v) is 3.28. The number of ether oxygens (including phenoxy) is 1. The highest BCUT2D eigenvalue weighted by molar-refractivity contribution is 5.11. The fraction of sp³-hybridized carbons (Fsp3) is 0.667. The van der Waals surface area contributed by atoms with E-state index >= 15 is 0 Å². The van der Waals surface area contributed by atoms with Gasteiger partial charge in [0.2, 0.25) is 0 Å². The zero-order valence-electron chi connectivity index (χ0n) is 7.68. The average Bonchev–Trinajstić information content (AvgIpc) is 2.71. The Morgan fingerprint density at radius 2 is 2.54 bits per heavy atom. The molecule has 1 aliphatic heterocycles. The Bertz CT molecular complexity index is 285. The van der Waals surface area contributed by atoms with Crippen LogP contribution in [-0.4, -0.2) is 34.2 Å². The molecule has 1 saturated heterocycles. The minimum Gasteiger partial charge on any atom is -0.390 e. The van der Waals surface area contributed by atoms with Crippen molar-refractivity contribution in [2.45, 2.75) is 25.5 Å². The van der Waals surface area contributed by atoms with Gasteiger partial charge in [-0.1, -0.05) is 0 Å². The van der Waals surface area contributed by atoms with Crippen molar-refractivity contribution in [3.05, 3.63) is 18.0 Å². The van der Waals surface area contributed by atoms with Gasteiger partial charge in [-0.05, 0) is 13.0 Å². The van der Waals surface area contributed by atoms with Gasteiger partial charge >= 0.3 is 0 Å². The molecule has 2 atom stereocenters. The van der Waals surface area contributed by atoms with Crippen molar-refractivity contribution in [3.63, 3.8) is 0 Å². The van der Waals surface area contributed by atoms with E-state index in [4.69, 9.17) is 4.74 Å². The third-order valence-electron chi connectivity index (χ3n) is 2.48. The van der Waals surface area contributed by atoms with E-state index in [2.05, 4.69) is 5.10 Å². The van der Waals surface area contributed by atoms with Crippen molar-refractivity contribution in [2.75, 3.05) is 13.2 Å². The molecule has 4 nitrogen and oxygen atoms in total. The summed E-state index contributed by atoms with van der Waals surface area (Å²) in [6.45, 7) is 3.93. The largest absolute Gasteiger partial charge is 0.390 e. The molecule has 0 unspecified atom stereocenters. The number of aromatic nitrogens is 2. The molecule has 1 aliphatic rings. The number of aliphatic hydroxyl groups excluding tert-OH is 1.